The van der Waals surface area contributed by atoms with Crippen molar-refractivity contribution >= 4 is 27.9 Å². The molecule has 0 aliphatic rings. The van der Waals surface area contributed by atoms with E-state index in [0.717, 1.165) is 0 Å². The van der Waals surface area contributed by atoms with Gasteiger partial charge in [0.15, 0.2) is 4.67 Å². The van der Waals surface area contributed by atoms with Crippen molar-refractivity contribution in [1.29, 1.82) is 0 Å². The first-order valence-electron chi connectivity index (χ1n) is 4.62. The third-order valence-corrected chi connectivity index (χ3v) is 1.92. The molecule has 15 heavy (non-hydrogen) atoms. The summed E-state index contributed by atoms with van der Waals surface area (Å²) in [6.07, 6.45) is 3.09. The number of furan rings is 1. The van der Waals surface area contributed by atoms with Crippen LogP contribution in [0, 0.1) is 0 Å². The summed E-state index contributed by atoms with van der Waals surface area (Å²) >= 11 is 3.19. The molecular formula is C11H14BrNO2. The second-order valence-corrected chi connectivity index (χ2v) is 5.00. The molecule has 0 spiro atoms. The summed E-state index contributed by atoms with van der Waals surface area (Å²) in [5, 5.41) is 2.82. The summed E-state index contributed by atoms with van der Waals surface area (Å²) in [4.78, 5) is 11.4. The molecule has 0 aliphatic heterocycles. The van der Waals surface area contributed by atoms with Gasteiger partial charge in [0, 0.05) is 11.6 Å². The van der Waals surface area contributed by atoms with Crippen LogP contribution in [0.1, 0.15) is 26.5 Å². The number of hydrogen-bond acceptors (Lipinski definition) is 2. The zero-order valence-corrected chi connectivity index (χ0v) is 10.6. The van der Waals surface area contributed by atoms with E-state index in [4.69, 9.17) is 4.42 Å². The highest BCUT2D eigenvalue weighted by molar-refractivity contribution is 9.10. The van der Waals surface area contributed by atoms with Crippen LogP contribution >= 0.6 is 15.9 Å². The molecule has 1 N–H and O–H groups in total. The minimum absolute atomic E-state index is 0.130. The van der Waals surface area contributed by atoms with E-state index in [2.05, 4.69) is 21.2 Å². The van der Waals surface area contributed by atoms with Crippen molar-refractivity contribution in [2.24, 2.45) is 0 Å². The predicted molar refractivity (Wildman–Crippen MR) is 63.3 cm³/mol. The molecule has 0 radical (unpaired) electrons. The zero-order valence-electron chi connectivity index (χ0n) is 9.00. The molecule has 0 aromatic carbocycles. The molecule has 0 saturated carbocycles. The first kappa shape index (κ1) is 12.0. The summed E-state index contributed by atoms with van der Waals surface area (Å²) in [7, 11) is 0. The highest BCUT2D eigenvalue weighted by Gasteiger charge is 2.11. The van der Waals surface area contributed by atoms with Gasteiger partial charge in [-0.25, -0.2) is 0 Å². The molecule has 0 bridgehead atoms. The monoisotopic (exact) mass is 271 g/mol. The van der Waals surface area contributed by atoms with Gasteiger partial charge in [0.05, 0.1) is 0 Å². The van der Waals surface area contributed by atoms with Crippen LogP contribution < -0.4 is 5.32 Å². The van der Waals surface area contributed by atoms with Crippen LogP contribution in [-0.4, -0.2) is 11.4 Å². The van der Waals surface area contributed by atoms with E-state index >= 15 is 0 Å². The van der Waals surface area contributed by atoms with Crippen molar-refractivity contribution in [1.82, 2.24) is 5.32 Å². The van der Waals surface area contributed by atoms with Crippen molar-refractivity contribution in [2.45, 2.75) is 26.3 Å². The molecule has 1 amide bonds. The number of amides is 1. The Bertz CT molecular complexity index is 374. The average molecular weight is 272 g/mol. The second-order valence-electron chi connectivity index (χ2n) is 4.21. The summed E-state index contributed by atoms with van der Waals surface area (Å²) in [5.41, 5.74) is -0.217. The van der Waals surface area contributed by atoms with Crippen molar-refractivity contribution in [3.8, 4) is 0 Å². The Morgan fingerprint density at radius 3 is 2.60 bits per heavy atom. The largest absolute Gasteiger partial charge is 0.450 e. The lowest BCUT2D eigenvalue weighted by Crippen LogP contribution is -2.39. The highest BCUT2D eigenvalue weighted by atomic mass is 79.9. The molecule has 1 aromatic heterocycles. The van der Waals surface area contributed by atoms with Crippen LogP contribution in [-0.2, 0) is 4.79 Å². The molecular weight excluding hydrogens is 258 g/mol. The number of hydrogen-bond donors (Lipinski definition) is 1. The summed E-state index contributed by atoms with van der Waals surface area (Å²) in [6, 6.07) is 3.56. The fourth-order valence-corrected chi connectivity index (χ4v) is 1.31. The molecule has 0 aliphatic carbocycles. The van der Waals surface area contributed by atoms with Gasteiger partial charge in [-0.15, -0.1) is 0 Å². The normalized spacial score (nSPS) is 12.0. The van der Waals surface area contributed by atoms with E-state index in [9.17, 15) is 4.79 Å². The highest BCUT2D eigenvalue weighted by Crippen LogP contribution is 2.14. The van der Waals surface area contributed by atoms with Crippen LogP contribution in [0.4, 0.5) is 0 Å². The Hall–Kier alpha value is -1.03. The molecule has 82 valence electrons. The van der Waals surface area contributed by atoms with Gasteiger partial charge >= 0.3 is 0 Å². The van der Waals surface area contributed by atoms with E-state index in [1.165, 1.54) is 6.08 Å². The number of nitrogens with one attached hydrogen (secondary N) is 1. The standard InChI is InChI=1S/C11H14BrNO2/c1-11(2,3)13-10(14)7-5-8-4-6-9(12)15-8/h4-7H,1-3H3,(H,13,14)/b7-5-. The van der Waals surface area contributed by atoms with Crippen LogP contribution in [0.2, 0.25) is 0 Å². The number of rotatable bonds is 2. The molecule has 0 saturated heterocycles. The van der Waals surface area contributed by atoms with Crippen LogP contribution in [0.5, 0.6) is 0 Å². The van der Waals surface area contributed by atoms with E-state index < -0.39 is 0 Å². The van der Waals surface area contributed by atoms with Gasteiger partial charge in [0.1, 0.15) is 5.76 Å². The molecule has 4 heteroatoms. The van der Waals surface area contributed by atoms with Gasteiger partial charge in [0.2, 0.25) is 5.91 Å². The van der Waals surface area contributed by atoms with Crippen molar-refractivity contribution in [2.75, 3.05) is 0 Å². The number of halogens is 1. The first-order valence-corrected chi connectivity index (χ1v) is 5.42. The Labute approximate surface area is 97.7 Å². The molecule has 0 atom stereocenters. The van der Waals surface area contributed by atoms with Crippen LogP contribution in [0.15, 0.2) is 27.3 Å². The summed E-state index contributed by atoms with van der Waals surface area (Å²) < 4.78 is 5.87. The maximum atomic E-state index is 11.4. The molecule has 1 rings (SSSR count). The maximum absolute atomic E-state index is 11.4. The topological polar surface area (TPSA) is 42.2 Å². The zero-order chi connectivity index (χ0) is 11.5. The van der Waals surface area contributed by atoms with Gasteiger partial charge < -0.3 is 9.73 Å². The predicted octanol–water partition coefficient (Wildman–Crippen LogP) is 2.97. The molecule has 0 fully saturated rings. The smallest absolute Gasteiger partial charge is 0.244 e. The van der Waals surface area contributed by atoms with E-state index in [0.29, 0.717) is 10.4 Å². The van der Waals surface area contributed by atoms with Gasteiger partial charge in [-0.2, -0.15) is 0 Å². The Morgan fingerprint density at radius 1 is 1.47 bits per heavy atom. The second kappa shape index (κ2) is 4.66. The Balaban J connectivity index is 2.55. The van der Waals surface area contributed by atoms with Crippen molar-refractivity contribution in [3.05, 3.63) is 28.6 Å². The van der Waals surface area contributed by atoms with Gasteiger partial charge in [-0.3, -0.25) is 4.79 Å². The summed E-state index contributed by atoms with van der Waals surface area (Å²) in [6.45, 7) is 5.80. The molecule has 1 heterocycles. The lowest BCUT2D eigenvalue weighted by atomic mass is 10.1. The third kappa shape index (κ3) is 4.83. The molecule has 0 unspecified atom stereocenters. The quantitative estimate of drug-likeness (QED) is 0.841. The molecule has 1 aromatic rings. The van der Waals surface area contributed by atoms with E-state index in [1.54, 1.807) is 18.2 Å². The fourth-order valence-electron chi connectivity index (χ4n) is 0.987. The fraction of sp³-hybridized carbons (Fsp3) is 0.364. The first-order chi connectivity index (χ1) is 6.87. The minimum atomic E-state index is -0.217. The van der Waals surface area contributed by atoms with Crippen molar-refractivity contribution in [3.63, 3.8) is 0 Å². The Morgan fingerprint density at radius 2 is 2.13 bits per heavy atom. The lowest BCUT2D eigenvalue weighted by molar-refractivity contribution is -0.117. The minimum Gasteiger partial charge on any atom is -0.450 e. The number of carbonyl (C=O) groups excluding carboxylic acids is 1. The van der Waals surface area contributed by atoms with Gasteiger partial charge in [-0.05, 0) is 54.9 Å². The SMILES string of the molecule is CC(C)(C)NC(=O)/C=C\c1ccc(Br)o1. The van der Waals surface area contributed by atoms with E-state index in [-0.39, 0.29) is 11.4 Å². The van der Waals surface area contributed by atoms with Gasteiger partial charge in [-0.1, -0.05) is 0 Å². The van der Waals surface area contributed by atoms with E-state index in [1.807, 2.05) is 20.8 Å². The Kier molecular flexibility index (Phi) is 3.74. The molecule has 3 nitrogen and oxygen atoms in total. The van der Waals surface area contributed by atoms with Crippen LogP contribution in [0.3, 0.4) is 0 Å². The summed E-state index contributed by atoms with van der Waals surface area (Å²) in [5.74, 6) is 0.515. The third-order valence-electron chi connectivity index (χ3n) is 1.49. The van der Waals surface area contributed by atoms with Gasteiger partial charge in [0.25, 0.3) is 0 Å². The van der Waals surface area contributed by atoms with Crippen LogP contribution in [0.25, 0.3) is 6.08 Å². The number of carbonyl (C=O) groups is 1. The lowest BCUT2D eigenvalue weighted by Gasteiger charge is -2.18. The maximum Gasteiger partial charge on any atom is 0.244 e. The van der Waals surface area contributed by atoms with Crippen molar-refractivity contribution < 1.29 is 9.21 Å². The average Bonchev–Trinajstić information content (AvgIpc) is 2.45.